The number of hydrogen-bond donors (Lipinski definition) is 2. The number of halogens is 1. The van der Waals surface area contributed by atoms with Crippen LogP contribution in [0.3, 0.4) is 0 Å². The molecule has 0 aromatic carbocycles. The summed E-state index contributed by atoms with van der Waals surface area (Å²) in [6, 6.07) is 0.170. The van der Waals surface area contributed by atoms with Crippen LogP contribution in [0.5, 0.6) is 0 Å². The Bertz CT molecular complexity index is 208. The molecule has 0 aromatic heterocycles. The second-order valence-electron chi connectivity index (χ2n) is 3.61. The summed E-state index contributed by atoms with van der Waals surface area (Å²) in [5.41, 5.74) is 0. The lowest BCUT2D eigenvalue weighted by molar-refractivity contribution is -0.123. The average Bonchev–Trinajstić information content (AvgIpc) is 2.12. The van der Waals surface area contributed by atoms with E-state index in [4.69, 9.17) is 11.6 Å². The predicted octanol–water partition coefficient (Wildman–Crippen LogP) is 1.04. The van der Waals surface area contributed by atoms with E-state index < -0.39 is 0 Å². The Morgan fingerprint density at radius 3 is 2.40 bits per heavy atom. The first kappa shape index (κ1) is 14.2. The van der Waals surface area contributed by atoms with Gasteiger partial charge in [-0.2, -0.15) is 0 Å². The number of hydrogen-bond acceptors (Lipinski definition) is 2. The van der Waals surface area contributed by atoms with E-state index in [9.17, 15) is 9.59 Å². The van der Waals surface area contributed by atoms with Gasteiger partial charge in [0.25, 0.3) is 0 Å². The molecule has 5 heteroatoms. The van der Waals surface area contributed by atoms with Crippen molar-refractivity contribution in [2.24, 2.45) is 0 Å². The second kappa shape index (κ2) is 8.53. The first-order valence-electron chi connectivity index (χ1n) is 5.18. The van der Waals surface area contributed by atoms with E-state index in [2.05, 4.69) is 10.6 Å². The normalized spacial score (nSPS) is 10.1. The summed E-state index contributed by atoms with van der Waals surface area (Å²) in [4.78, 5) is 22.1. The van der Waals surface area contributed by atoms with Crippen LogP contribution in [-0.2, 0) is 9.59 Å². The van der Waals surface area contributed by atoms with Crippen LogP contribution in [0.4, 0.5) is 0 Å². The lowest BCUT2D eigenvalue weighted by Crippen LogP contribution is -2.31. The molecular weight excluding hydrogens is 216 g/mol. The van der Waals surface area contributed by atoms with Gasteiger partial charge in [-0.3, -0.25) is 9.59 Å². The smallest absolute Gasteiger partial charge is 0.221 e. The molecular formula is C10H19ClN2O2. The SMILES string of the molecule is CC(C)NC(=O)CCCNC(=O)CCCl. The summed E-state index contributed by atoms with van der Waals surface area (Å²) < 4.78 is 0. The fourth-order valence-corrected chi connectivity index (χ4v) is 1.22. The first-order valence-corrected chi connectivity index (χ1v) is 5.71. The van der Waals surface area contributed by atoms with Crippen molar-refractivity contribution >= 4 is 23.4 Å². The van der Waals surface area contributed by atoms with Crippen molar-refractivity contribution in [2.45, 2.75) is 39.2 Å². The molecule has 0 bridgehead atoms. The van der Waals surface area contributed by atoms with Crippen molar-refractivity contribution in [3.8, 4) is 0 Å². The van der Waals surface area contributed by atoms with Crippen molar-refractivity contribution in [3.63, 3.8) is 0 Å². The van der Waals surface area contributed by atoms with Crippen LogP contribution in [0.1, 0.15) is 33.1 Å². The number of nitrogens with one attached hydrogen (secondary N) is 2. The fourth-order valence-electron chi connectivity index (χ4n) is 1.05. The van der Waals surface area contributed by atoms with E-state index in [1.807, 2.05) is 13.8 Å². The Balaban J connectivity index is 3.38. The Labute approximate surface area is 95.7 Å². The minimum Gasteiger partial charge on any atom is -0.356 e. The highest BCUT2D eigenvalue weighted by Crippen LogP contribution is 1.90. The van der Waals surface area contributed by atoms with Crippen molar-refractivity contribution in [3.05, 3.63) is 0 Å². The molecule has 0 aliphatic rings. The Morgan fingerprint density at radius 2 is 1.87 bits per heavy atom. The molecule has 0 aliphatic carbocycles. The maximum Gasteiger partial charge on any atom is 0.221 e. The Kier molecular flexibility index (Phi) is 8.09. The van der Waals surface area contributed by atoms with Crippen LogP contribution in [-0.4, -0.2) is 30.3 Å². The van der Waals surface area contributed by atoms with Crippen LogP contribution in [0.15, 0.2) is 0 Å². The van der Waals surface area contributed by atoms with Crippen LogP contribution >= 0.6 is 11.6 Å². The summed E-state index contributed by atoms with van der Waals surface area (Å²) in [5, 5.41) is 5.47. The molecule has 2 N–H and O–H groups in total. The minimum absolute atomic E-state index is 0.0246. The molecule has 0 fully saturated rings. The highest BCUT2D eigenvalue weighted by atomic mass is 35.5. The van der Waals surface area contributed by atoms with Crippen molar-refractivity contribution in [2.75, 3.05) is 12.4 Å². The molecule has 88 valence electrons. The number of carbonyl (C=O) groups excluding carboxylic acids is 2. The highest BCUT2D eigenvalue weighted by molar-refractivity contribution is 6.18. The van der Waals surface area contributed by atoms with Crippen LogP contribution in [0.2, 0.25) is 0 Å². The van der Waals surface area contributed by atoms with Gasteiger partial charge < -0.3 is 10.6 Å². The van der Waals surface area contributed by atoms with Gasteiger partial charge in [-0.25, -0.2) is 0 Å². The van der Waals surface area contributed by atoms with Crippen LogP contribution < -0.4 is 10.6 Å². The van der Waals surface area contributed by atoms with Crippen molar-refractivity contribution in [1.82, 2.24) is 10.6 Å². The van der Waals surface area contributed by atoms with Gasteiger partial charge in [0.05, 0.1) is 0 Å². The zero-order valence-corrected chi connectivity index (χ0v) is 10.1. The zero-order valence-electron chi connectivity index (χ0n) is 9.31. The van der Waals surface area contributed by atoms with E-state index in [1.165, 1.54) is 0 Å². The molecule has 0 radical (unpaired) electrons. The molecule has 0 unspecified atom stereocenters. The molecule has 0 atom stereocenters. The van der Waals surface area contributed by atoms with E-state index in [0.29, 0.717) is 31.7 Å². The van der Waals surface area contributed by atoms with E-state index in [-0.39, 0.29) is 17.9 Å². The highest BCUT2D eigenvalue weighted by Gasteiger charge is 2.03. The van der Waals surface area contributed by atoms with E-state index in [0.717, 1.165) is 0 Å². The standard InChI is InChI=1S/C10H19ClN2O2/c1-8(2)13-10(15)4-3-7-12-9(14)5-6-11/h8H,3-7H2,1-2H3,(H,12,14)(H,13,15). The third-order valence-corrected chi connectivity index (χ3v) is 1.86. The quantitative estimate of drug-likeness (QED) is 0.511. The van der Waals surface area contributed by atoms with Crippen molar-refractivity contribution in [1.29, 1.82) is 0 Å². The van der Waals surface area contributed by atoms with Gasteiger partial charge in [0.2, 0.25) is 11.8 Å². The molecule has 0 saturated heterocycles. The van der Waals surface area contributed by atoms with Gasteiger partial charge in [-0.15, -0.1) is 11.6 Å². The molecule has 0 saturated carbocycles. The zero-order chi connectivity index (χ0) is 11.7. The largest absolute Gasteiger partial charge is 0.356 e. The summed E-state index contributed by atoms with van der Waals surface area (Å²) >= 11 is 5.39. The monoisotopic (exact) mass is 234 g/mol. The lowest BCUT2D eigenvalue weighted by Gasteiger charge is -2.08. The lowest BCUT2D eigenvalue weighted by atomic mass is 10.2. The molecule has 2 amide bonds. The molecule has 0 aromatic rings. The number of rotatable bonds is 7. The van der Waals surface area contributed by atoms with Gasteiger partial charge in [0.15, 0.2) is 0 Å². The maximum atomic E-state index is 11.2. The average molecular weight is 235 g/mol. The van der Waals surface area contributed by atoms with Gasteiger partial charge in [-0.05, 0) is 20.3 Å². The summed E-state index contributed by atoms with van der Waals surface area (Å²) in [6.07, 6.45) is 1.44. The molecule has 0 aliphatic heterocycles. The first-order chi connectivity index (χ1) is 7.06. The minimum atomic E-state index is -0.0609. The summed E-state index contributed by atoms with van der Waals surface area (Å²) in [6.45, 7) is 4.36. The molecule has 0 spiro atoms. The van der Waals surface area contributed by atoms with Gasteiger partial charge in [0, 0.05) is 31.3 Å². The second-order valence-corrected chi connectivity index (χ2v) is 3.99. The van der Waals surface area contributed by atoms with Crippen LogP contribution in [0, 0.1) is 0 Å². The van der Waals surface area contributed by atoms with Gasteiger partial charge >= 0.3 is 0 Å². The number of carbonyl (C=O) groups is 2. The van der Waals surface area contributed by atoms with E-state index >= 15 is 0 Å². The third kappa shape index (κ3) is 9.53. The third-order valence-electron chi connectivity index (χ3n) is 1.67. The van der Waals surface area contributed by atoms with E-state index in [1.54, 1.807) is 0 Å². The predicted molar refractivity (Wildman–Crippen MR) is 60.9 cm³/mol. The van der Waals surface area contributed by atoms with Crippen molar-refractivity contribution < 1.29 is 9.59 Å². The molecule has 15 heavy (non-hydrogen) atoms. The summed E-state index contributed by atoms with van der Waals surface area (Å²) in [5.74, 6) is 0.297. The van der Waals surface area contributed by atoms with Gasteiger partial charge in [0.1, 0.15) is 0 Å². The Hall–Kier alpha value is -0.770. The number of alkyl halides is 1. The molecule has 4 nitrogen and oxygen atoms in total. The fraction of sp³-hybridized carbons (Fsp3) is 0.800. The summed E-state index contributed by atoms with van der Waals surface area (Å²) in [7, 11) is 0. The topological polar surface area (TPSA) is 58.2 Å². The number of amides is 2. The van der Waals surface area contributed by atoms with Gasteiger partial charge in [-0.1, -0.05) is 0 Å². The molecule has 0 rings (SSSR count). The Morgan fingerprint density at radius 1 is 1.20 bits per heavy atom. The molecule has 0 heterocycles. The van der Waals surface area contributed by atoms with Crippen LogP contribution in [0.25, 0.3) is 0 Å². The maximum absolute atomic E-state index is 11.2.